The van der Waals surface area contributed by atoms with E-state index in [9.17, 15) is 4.79 Å². The molecular formula is C17H23NO2. The average Bonchev–Trinajstić information content (AvgIpc) is 2.47. The fraction of sp³-hybridized carbons (Fsp3) is 0.471. The Kier molecular flexibility index (Phi) is 6.27. The van der Waals surface area contributed by atoms with Crippen LogP contribution in [0.15, 0.2) is 24.3 Å². The van der Waals surface area contributed by atoms with Gasteiger partial charge in [0.15, 0.2) is 0 Å². The van der Waals surface area contributed by atoms with E-state index < -0.39 is 0 Å². The molecule has 0 saturated carbocycles. The van der Waals surface area contributed by atoms with Gasteiger partial charge in [-0.2, -0.15) is 0 Å². The number of aliphatic hydroxyl groups is 1. The summed E-state index contributed by atoms with van der Waals surface area (Å²) in [4.78, 5) is 12.4. The van der Waals surface area contributed by atoms with Crippen LogP contribution in [-0.2, 0) is 0 Å². The molecule has 1 amide bonds. The lowest BCUT2D eigenvalue weighted by Crippen LogP contribution is -2.45. The molecule has 0 fully saturated rings. The Morgan fingerprint density at radius 2 is 1.95 bits per heavy atom. The summed E-state index contributed by atoms with van der Waals surface area (Å²) in [5.74, 6) is 5.71. The molecule has 0 radical (unpaired) electrons. The van der Waals surface area contributed by atoms with Gasteiger partial charge in [0.25, 0.3) is 5.91 Å². The van der Waals surface area contributed by atoms with Crippen LogP contribution in [0.25, 0.3) is 0 Å². The molecule has 20 heavy (non-hydrogen) atoms. The molecule has 1 rings (SSSR count). The Labute approximate surface area is 121 Å². The maximum Gasteiger partial charge on any atom is 0.252 e. The van der Waals surface area contributed by atoms with Gasteiger partial charge < -0.3 is 10.4 Å². The van der Waals surface area contributed by atoms with Gasteiger partial charge in [-0.25, -0.2) is 0 Å². The summed E-state index contributed by atoms with van der Waals surface area (Å²) in [5.41, 5.74) is 1.10. The Balaban J connectivity index is 2.97. The number of rotatable bonds is 5. The van der Waals surface area contributed by atoms with Crippen molar-refractivity contribution in [2.24, 2.45) is 0 Å². The van der Waals surface area contributed by atoms with Crippen LogP contribution in [-0.4, -0.2) is 23.2 Å². The molecular weight excluding hydrogens is 250 g/mol. The van der Waals surface area contributed by atoms with E-state index in [2.05, 4.69) is 31.0 Å². The second-order valence-electron chi connectivity index (χ2n) is 5.04. The average molecular weight is 273 g/mol. The number of amides is 1. The second kappa shape index (κ2) is 7.72. The molecule has 0 aromatic heterocycles. The topological polar surface area (TPSA) is 49.3 Å². The van der Waals surface area contributed by atoms with E-state index in [0.717, 1.165) is 12.8 Å². The molecule has 0 aliphatic carbocycles. The van der Waals surface area contributed by atoms with Crippen molar-refractivity contribution < 1.29 is 9.90 Å². The van der Waals surface area contributed by atoms with Crippen molar-refractivity contribution in [1.29, 1.82) is 0 Å². The summed E-state index contributed by atoms with van der Waals surface area (Å²) in [6, 6.07) is 7.30. The first-order chi connectivity index (χ1) is 9.56. The van der Waals surface area contributed by atoms with E-state index in [1.807, 2.05) is 25.1 Å². The van der Waals surface area contributed by atoms with E-state index in [1.54, 1.807) is 6.07 Å². The number of hydrogen-bond acceptors (Lipinski definition) is 2. The van der Waals surface area contributed by atoms with Crippen LogP contribution in [0.5, 0.6) is 0 Å². The van der Waals surface area contributed by atoms with Gasteiger partial charge in [-0.1, -0.05) is 37.8 Å². The minimum absolute atomic E-state index is 0.0328. The minimum Gasteiger partial charge on any atom is -0.395 e. The molecule has 3 heteroatoms. The van der Waals surface area contributed by atoms with Gasteiger partial charge in [0.1, 0.15) is 0 Å². The molecule has 0 unspecified atom stereocenters. The lowest BCUT2D eigenvalue weighted by molar-refractivity contribution is 0.0901. The highest BCUT2D eigenvalue weighted by Gasteiger charge is 2.23. The molecule has 0 aliphatic heterocycles. The lowest BCUT2D eigenvalue weighted by Gasteiger charge is -2.28. The summed E-state index contributed by atoms with van der Waals surface area (Å²) >= 11 is 0. The standard InChI is InChI=1S/C17H23NO2/c1-4-17(3,5-2)18-16(20)15-12-7-6-10-14(15)11-8-9-13-19/h6-7,10,12,19H,4-5,9,13H2,1-3H3,(H,18,20). The van der Waals surface area contributed by atoms with Crippen molar-refractivity contribution in [3.8, 4) is 11.8 Å². The Morgan fingerprint density at radius 1 is 1.30 bits per heavy atom. The van der Waals surface area contributed by atoms with E-state index >= 15 is 0 Å². The van der Waals surface area contributed by atoms with Crippen molar-refractivity contribution >= 4 is 5.91 Å². The zero-order valence-corrected chi connectivity index (χ0v) is 12.5. The molecule has 1 aromatic carbocycles. The summed E-state index contributed by atoms with van der Waals surface area (Å²) in [6.07, 6.45) is 2.18. The normalized spacial score (nSPS) is 10.6. The summed E-state index contributed by atoms with van der Waals surface area (Å²) in [6.45, 7) is 6.21. The molecule has 0 atom stereocenters. The number of carbonyl (C=O) groups is 1. The van der Waals surface area contributed by atoms with Gasteiger partial charge in [-0.05, 0) is 31.9 Å². The highest BCUT2D eigenvalue weighted by atomic mass is 16.2. The van der Waals surface area contributed by atoms with Crippen LogP contribution >= 0.6 is 0 Å². The quantitative estimate of drug-likeness (QED) is 0.810. The first-order valence-electron chi connectivity index (χ1n) is 7.07. The number of carbonyl (C=O) groups excluding carboxylic acids is 1. The smallest absolute Gasteiger partial charge is 0.252 e. The van der Waals surface area contributed by atoms with Crippen LogP contribution in [0.4, 0.5) is 0 Å². The number of benzene rings is 1. The summed E-state index contributed by atoms with van der Waals surface area (Å²) < 4.78 is 0. The number of nitrogens with one attached hydrogen (secondary N) is 1. The molecule has 1 aromatic rings. The zero-order valence-electron chi connectivity index (χ0n) is 12.5. The van der Waals surface area contributed by atoms with Crippen molar-refractivity contribution in [1.82, 2.24) is 5.32 Å². The third-order valence-corrected chi connectivity index (χ3v) is 3.61. The Hall–Kier alpha value is -1.79. The van der Waals surface area contributed by atoms with Crippen LogP contribution in [0, 0.1) is 11.8 Å². The van der Waals surface area contributed by atoms with Gasteiger partial charge in [-0.3, -0.25) is 4.79 Å². The maximum atomic E-state index is 12.4. The van der Waals surface area contributed by atoms with Gasteiger partial charge in [0.2, 0.25) is 0 Å². The molecule has 0 spiro atoms. The second-order valence-corrected chi connectivity index (χ2v) is 5.04. The number of hydrogen-bond donors (Lipinski definition) is 2. The largest absolute Gasteiger partial charge is 0.395 e. The van der Waals surface area contributed by atoms with E-state index in [-0.39, 0.29) is 18.1 Å². The Morgan fingerprint density at radius 3 is 2.55 bits per heavy atom. The zero-order chi connectivity index (χ0) is 15.0. The van der Waals surface area contributed by atoms with Crippen LogP contribution in [0.3, 0.4) is 0 Å². The maximum absolute atomic E-state index is 12.4. The highest BCUT2D eigenvalue weighted by molar-refractivity contribution is 5.97. The molecule has 0 saturated heterocycles. The first kappa shape index (κ1) is 16.3. The monoisotopic (exact) mass is 273 g/mol. The molecule has 0 heterocycles. The molecule has 108 valence electrons. The van der Waals surface area contributed by atoms with Gasteiger partial charge in [0.05, 0.1) is 12.2 Å². The fourth-order valence-electron chi connectivity index (χ4n) is 1.77. The predicted molar refractivity (Wildman–Crippen MR) is 81.5 cm³/mol. The van der Waals surface area contributed by atoms with E-state index in [4.69, 9.17) is 5.11 Å². The molecule has 0 bridgehead atoms. The lowest BCUT2D eigenvalue weighted by atomic mass is 9.94. The van der Waals surface area contributed by atoms with Crippen LogP contribution < -0.4 is 5.32 Å². The van der Waals surface area contributed by atoms with Crippen molar-refractivity contribution in [2.45, 2.75) is 45.6 Å². The van der Waals surface area contributed by atoms with E-state index in [0.29, 0.717) is 17.5 Å². The Bertz CT molecular complexity index is 507. The highest BCUT2D eigenvalue weighted by Crippen LogP contribution is 2.16. The molecule has 0 aliphatic rings. The third-order valence-electron chi connectivity index (χ3n) is 3.61. The van der Waals surface area contributed by atoms with E-state index in [1.165, 1.54) is 0 Å². The van der Waals surface area contributed by atoms with Crippen LogP contribution in [0.2, 0.25) is 0 Å². The SMILES string of the molecule is CCC(C)(CC)NC(=O)c1ccccc1C#CCCO. The predicted octanol–water partition coefficient (Wildman–Crippen LogP) is 2.73. The van der Waals surface area contributed by atoms with Gasteiger partial charge in [-0.15, -0.1) is 0 Å². The summed E-state index contributed by atoms with van der Waals surface area (Å²) in [7, 11) is 0. The van der Waals surface area contributed by atoms with Crippen molar-refractivity contribution in [3.05, 3.63) is 35.4 Å². The van der Waals surface area contributed by atoms with Crippen molar-refractivity contribution in [3.63, 3.8) is 0 Å². The first-order valence-corrected chi connectivity index (χ1v) is 7.07. The van der Waals surface area contributed by atoms with Crippen LogP contribution in [0.1, 0.15) is 56.0 Å². The van der Waals surface area contributed by atoms with Crippen molar-refractivity contribution in [2.75, 3.05) is 6.61 Å². The summed E-state index contributed by atoms with van der Waals surface area (Å²) in [5, 5.41) is 11.8. The third kappa shape index (κ3) is 4.40. The minimum atomic E-state index is -0.192. The van der Waals surface area contributed by atoms with Gasteiger partial charge in [0, 0.05) is 17.5 Å². The number of aliphatic hydroxyl groups excluding tert-OH is 1. The van der Waals surface area contributed by atoms with Gasteiger partial charge >= 0.3 is 0 Å². The molecule has 3 nitrogen and oxygen atoms in total. The molecule has 2 N–H and O–H groups in total. The fourth-order valence-corrected chi connectivity index (χ4v) is 1.77.